The average molecular weight is 155 g/mol. The van der Waals surface area contributed by atoms with E-state index in [0.717, 1.165) is 25.0 Å². The van der Waals surface area contributed by atoms with E-state index in [1.165, 1.54) is 32.4 Å². The molecule has 2 fully saturated rings. The number of ether oxygens (including phenoxy) is 1. The van der Waals surface area contributed by atoms with Crippen molar-refractivity contribution in [2.75, 3.05) is 26.3 Å². The summed E-state index contributed by atoms with van der Waals surface area (Å²) in [6, 6.07) is 0. The molecule has 0 bridgehead atoms. The fourth-order valence-electron chi connectivity index (χ4n) is 2.21. The zero-order chi connectivity index (χ0) is 7.52. The standard InChI is InChI=1S/C9H17NO/c1-2-8(6-10-4-1)9-3-5-11-7-9/h8-10H,1-7H2/t8-,9+/m1/s1. The Morgan fingerprint density at radius 2 is 2.18 bits per heavy atom. The summed E-state index contributed by atoms with van der Waals surface area (Å²) < 4.78 is 5.38. The minimum atomic E-state index is 0.864. The van der Waals surface area contributed by atoms with E-state index < -0.39 is 0 Å². The second-order valence-electron chi connectivity index (χ2n) is 3.73. The Morgan fingerprint density at radius 3 is 2.82 bits per heavy atom. The SMILES string of the molecule is C1CNC[C@H]([C@H]2CCOC2)C1. The van der Waals surface area contributed by atoms with Gasteiger partial charge in [0.25, 0.3) is 0 Å². The van der Waals surface area contributed by atoms with Gasteiger partial charge in [0.15, 0.2) is 0 Å². The second-order valence-corrected chi connectivity index (χ2v) is 3.73. The molecule has 0 spiro atoms. The third kappa shape index (κ3) is 1.74. The monoisotopic (exact) mass is 155 g/mol. The molecule has 0 aromatic heterocycles. The first kappa shape index (κ1) is 7.56. The van der Waals surface area contributed by atoms with E-state index >= 15 is 0 Å². The van der Waals surface area contributed by atoms with E-state index in [9.17, 15) is 0 Å². The van der Waals surface area contributed by atoms with Crippen LogP contribution in [0.3, 0.4) is 0 Å². The highest BCUT2D eigenvalue weighted by molar-refractivity contribution is 4.78. The molecule has 2 rings (SSSR count). The van der Waals surface area contributed by atoms with Gasteiger partial charge < -0.3 is 10.1 Å². The molecule has 2 heterocycles. The van der Waals surface area contributed by atoms with Gasteiger partial charge >= 0.3 is 0 Å². The zero-order valence-corrected chi connectivity index (χ0v) is 7.01. The lowest BCUT2D eigenvalue weighted by atomic mass is 9.86. The van der Waals surface area contributed by atoms with Gasteiger partial charge in [-0.1, -0.05) is 0 Å². The summed E-state index contributed by atoms with van der Waals surface area (Å²) in [4.78, 5) is 0. The van der Waals surface area contributed by atoms with Crippen LogP contribution < -0.4 is 5.32 Å². The fraction of sp³-hybridized carbons (Fsp3) is 1.00. The predicted octanol–water partition coefficient (Wildman–Crippen LogP) is 1.02. The van der Waals surface area contributed by atoms with Crippen molar-refractivity contribution in [2.45, 2.75) is 19.3 Å². The molecule has 0 aromatic carbocycles. The minimum Gasteiger partial charge on any atom is -0.381 e. The number of rotatable bonds is 1. The Hall–Kier alpha value is -0.0800. The topological polar surface area (TPSA) is 21.3 Å². The molecule has 64 valence electrons. The molecule has 2 atom stereocenters. The normalized spacial score (nSPS) is 39.3. The van der Waals surface area contributed by atoms with Crippen LogP contribution in [0.25, 0.3) is 0 Å². The molecule has 2 aliphatic heterocycles. The molecule has 2 heteroatoms. The first-order chi connectivity index (χ1) is 5.47. The highest BCUT2D eigenvalue weighted by Gasteiger charge is 2.26. The smallest absolute Gasteiger partial charge is 0.0498 e. The van der Waals surface area contributed by atoms with Crippen molar-refractivity contribution in [3.63, 3.8) is 0 Å². The van der Waals surface area contributed by atoms with Gasteiger partial charge in [0.2, 0.25) is 0 Å². The zero-order valence-electron chi connectivity index (χ0n) is 7.01. The average Bonchev–Trinajstić information content (AvgIpc) is 2.58. The first-order valence-electron chi connectivity index (χ1n) is 4.75. The Labute approximate surface area is 68.3 Å². The maximum absolute atomic E-state index is 5.38. The highest BCUT2D eigenvalue weighted by atomic mass is 16.5. The van der Waals surface area contributed by atoms with Gasteiger partial charge in [-0.25, -0.2) is 0 Å². The van der Waals surface area contributed by atoms with Crippen LogP contribution in [-0.4, -0.2) is 26.3 Å². The van der Waals surface area contributed by atoms with E-state index in [1.807, 2.05) is 0 Å². The van der Waals surface area contributed by atoms with E-state index in [0.29, 0.717) is 0 Å². The number of hydrogen-bond acceptors (Lipinski definition) is 2. The fourth-order valence-corrected chi connectivity index (χ4v) is 2.21. The summed E-state index contributed by atoms with van der Waals surface area (Å²) in [5.74, 6) is 1.77. The molecule has 1 N–H and O–H groups in total. The van der Waals surface area contributed by atoms with Crippen molar-refractivity contribution in [3.05, 3.63) is 0 Å². The van der Waals surface area contributed by atoms with Gasteiger partial charge in [-0.2, -0.15) is 0 Å². The van der Waals surface area contributed by atoms with Gasteiger partial charge in [0.1, 0.15) is 0 Å². The predicted molar refractivity (Wildman–Crippen MR) is 44.5 cm³/mol. The van der Waals surface area contributed by atoms with Crippen LogP contribution in [0.1, 0.15) is 19.3 Å². The Balaban J connectivity index is 1.82. The summed E-state index contributed by atoms with van der Waals surface area (Å²) in [6.07, 6.45) is 4.08. The number of piperidine rings is 1. The Bertz CT molecular complexity index is 115. The van der Waals surface area contributed by atoms with E-state index in [2.05, 4.69) is 5.32 Å². The van der Waals surface area contributed by atoms with Crippen molar-refractivity contribution < 1.29 is 4.74 Å². The van der Waals surface area contributed by atoms with E-state index in [4.69, 9.17) is 4.74 Å². The molecular formula is C9H17NO. The molecule has 0 radical (unpaired) electrons. The Kier molecular flexibility index (Phi) is 2.44. The van der Waals surface area contributed by atoms with Crippen molar-refractivity contribution >= 4 is 0 Å². The maximum atomic E-state index is 5.38. The molecule has 2 aliphatic rings. The van der Waals surface area contributed by atoms with Gasteiger partial charge in [-0.15, -0.1) is 0 Å². The van der Waals surface area contributed by atoms with Gasteiger partial charge in [-0.3, -0.25) is 0 Å². The minimum absolute atomic E-state index is 0.864. The number of hydrogen-bond donors (Lipinski definition) is 1. The first-order valence-corrected chi connectivity index (χ1v) is 4.75. The summed E-state index contributed by atoms with van der Waals surface area (Å²) in [5, 5.41) is 3.46. The van der Waals surface area contributed by atoms with Crippen LogP contribution in [0.2, 0.25) is 0 Å². The largest absolute Gasteiger partial charge is 0.381 e. The summed E-state index contributed by atoms with van der Waals surface area (Å²) in [7, 11) is 0. The highest BCUT2D eigenvalue weighted by Crippen LogP contribution is 2.26. The van der Waals surface area contributed by atoms with Crippen molar-refractivity contribution in [1.29, 1.82) is 0 Å². The molecule has 2 saturated heterocycles. The van der Waals surface area contributed by atoms with Crippen molar-refractivity contribution in [2.24, 2.45) is 11.8 Å². The molecule has 0 amide bonds. The van der Waals surface area contributed by atoms with E-state index in [-0.39, 0.29) is 0 Å². The summed E-state index contributed by atoms with van der Waals surface area (Å²) >= 11 is 0. The van der Waals surface area contributed by atoms with Crippen LogP contribution in [0.15, 0.2) is 0 Å². The number of nitrogens with one attached hydrogen (secondary N) is 1. The lowest BCUT2D eigenvalue weighted by molar-refractivity contribution is 0.164. The van der Waals surface area contributed by atoms with Gasteiger partial charge in [-0.05, 0) is 44.2 Å². The molecule has 0 unspecified atom stereocenters. The van der Waals surface area contributed by atoms with Crippen LogP contribution in [0, 0.1) is 11.8 Å². The quantitative estimate of drug-likeness (QED) is 0.610. The summed E-state index contributed by atoms with van der Waals surface area (Å²) in [5.41, 5.74) is 0. The van der Waals surface area contributed by atoms with E-state index in [1.54, 1.807) is 0 Å². The molecule has 0 aromatic rings. The molecule has 2 nitrogen and oxygen atoms in total. The molecule has 11 heavy (non-hydrogen) atoms. The van der Waals surface area contributed by atoms with Crippen LogP contribution in [0.4, 0.5) is 0 Å². The molecule has 0 saturated carbocycles. The van der Waals surface area contributed by atoms with Gasteiger partial charge in [0, 0.05) is 13.2 Å². The van der Waals surface area contributed by atoms with Crippen molar-refractivity contribution in [1.82, 2.24) is 5.32 Å². The van der Waals surface area contributed by atoms with Crippen LogP contribution in [-0.2, 0) is 4.74 Å². The lowest BCUT2D eigenvalue weighted by Gasteiger charge is -2.26. The van der Waals surface area contributed by atoms with Crippen LogP contribution >= 0.6 is 0 Å². The van der Waals surface area contributed by atoms with Gasteiger partial charge in [0.05, 0.1) is 0 Å². The van der Waals surface area contributed by atoms with Crippen LogP contribution in [0.5, 0.6) is 0 Å². The summed E-state index contributed by atoms with van der Waals surface area (Å²) in [6.45, 7) is 4.48. The third-order valence-electron chi connectivity index (χ3n) is 2.97. The molecule has 0 aliphatic carbocycles. The third-order valence-corrected chi connectivity index (χ3v) is 2.97. The Morgan fingerprint density at radius 1 is 1.18 bits per heavy atom. The van der Waals surface area contributed by atoms with Crippen molar-refractivity contribution in [3.8, 4) is 0 Å². The maximum Gasteiger partial charge on any atom is 0.0498 e. The lowest BCUT2D eigenvalue weighted by Crippen LogP contribution is -2.34. The molecular weight excluding hydrogens is 138 g/mol. The second kappa shape index (κ2) is 3.55.